The number of carboxylic acids is 1. The summed E-state index contributed by atoms with van der Waals surface area (Å²) in [6.45, 7) is 5.29. The summed E-state index contributed by atoms with van der Waals surface area (Å²) < 4.78 is 5.33. The van der Waals surface area contributed by atoms with Gasteiger partial charge in [0.1, 0.15) is 5.01 Å². The van der Waals surface area contributed by atoms with Crippen LogP contribution < -0.4 is 0 Å². The fraction of sp³-hybridized carbons (Fsp3) is 0.571. The van der Waals surface area contributed by atoms with E-state index in [0.29, 0.717) is 17.6 Å². The summed E-state index contributed by atoms with van der Waals surface area (Å²) in [5, 5.41) is 10.8. The van der Waals surface area contributed by atoms with Gasteiger partial charge in [0.15, 0.2) is 11.8 Å². The molecule has 1 N–H and O–H groups in total. The van der Waals surface area contributed by atoms with Crippen LogP contribution in [0.25, 0.3) is 0 Å². The zero-order valence-corrected chi connectivity index (χ0v) is 14.4. The first-order valence-corrected chi connectivity index (χ1v) is 8.00. The Labute approximate surface area is 139 Å². The summed E-state index contributed by atoms with van der Waals surface area (Å²) >= 11 is 1.14. The molecule has 125 valence electrons. The normalized spacial score (nSPS) is 13.7. The average Bonchev–Trinajstić information content (AvgIpc) is 2.92. The number of aromatic nitrogens is 1. The highest BCUT2D eigenvalue weighted by Crippen LogP contribution is 2.29. The topological polar surface area (TPSA) is 96.8 Å². The zero-order chi connectivity index (χ0) is 17.6. The third-order valence-electron chi connectivity index (χ3n) is 3.37. The first-order chi connectivity index (χ1) is 10.8. The number of hydrogen-bond donors (Lipinski definition) is 1. The van der Waals surface area contributed by atoms with E-state index >= 15 is 0 Å². The van der Waals surface area contributed by atoms with E-state index in [4.69, 9.17) is 9.84 Å². The minimum Gasteiger partial charge on any atom is -0.476 e. The molecule has 1 unspecified atom stereocenters. The highest BCUT2D eigenvalue weighted by atomic mass is 32.1. The number of carboxylic acid groups (broad SMARTS) is 1. The van der Waals surface area contributed by atoms with Crippen molar-refractivity contribution < 1.29 is 24.2 Å². The Morgan fingerprint density at radius 2 is 2.17 bits per heavy atom. The second-order valence-corrected chi connectivity index (χ2v) is 6.36. The molecule has 1 heterocycles. The van der Waals surface area contributed by atoms with Gasteiger partial charge >= 0.3 is 11.9 Å². The van der Waals surface area contributed by atoms with Crippen LogP contribution in [0.2, 0.25) is 0 Å². The molecule has 0 bridgehead atoms. The molecule has 1 radical (unpaired) electrons. The molecule has 2 atom stereocenters. The predicted molar refractivity (Wildman–Crippen MR) is 87.1 cm³/mol. The number of carbonyl (C=O) groups is 3. The standard InChI is InChI=1S/C14H20BN2O5S/c1-8(2)11(17(4)15-7-18)5-12(22-9(3)19)13-16-10(6-23-13)14(20)21/h6-8,11-12H,5H2,1-4H3,(H,20,21)/t11?,12-/m0/s1. The minimum atomic E-state index is -1.12. The summed E-state index contributed by atoms with van der Waals surface area (Å²) in [5.41, 5.74) is -0.0731. The van der Waals surface area contributed by atoms with E-state index in [1.807, 2.05) is 13.8 Å². The van der Waals surface area contributed by atoms with E-state index in [1.54, 1.807) is 11.9 Å². The van der Waals surface area contributed by atoms with Crippen molar-refractivity contribution in [1.82, 2.24) is 9.79 Å². The van der Waals surface area contributed by atoms with Crippen molar-refractivity contribution in [3.63, 3.8) is 0 Å². The van der Waals surface area contributed by atoms with Crippen LogP contribution in [0.1, 0.15) is 48.8 Å². The summed E-state index contributed by atoms with van der Waals surface area (Å²) in [6.07, 6.45) is 0.452. The number of thiazole rings is 1. The Kier molecular flexibility index (Phi) is 7.37. The number of hydrogen-bond acceptors (Lipinski definition) is 7. The molecule has 0 spiro atoms. The van der Waals surface area contributed by atoms with Gasteiger partial charge in [-0.2, -0.15) is 0 Å². The lowest BCUT2D eigenvalue weighted by molar-refractivity contribution is -0.147. The highest BCUT2D eigenvalue weighted by Gasteiger charge is 2.28. The maximum Gasteiger partial charge on any atom is 0.355 e. The second kappa shape index (κ2) is 8.78. The Hall–Kier alpha value is -1.74. The van der Waals surface area contributed by atoms with Crippen LogP contribution in [0.15, 0.2) is 5.38 Å². The van der Waals surface area contributed by atoms with Gasteiger partial charge in [-0.25, -0.2) is 9.78 Å². The predicted octanol–water partition coefficient (Wildman–Crippen LogP) is 1.60. The minimum absolute atomic E-state index is 0.0678. The Morgan fingerprint density at radius 3 is 2.61 bits per heavy atom. The molecule has 0 amide bonds. The van der Waals surface area contributed by atoms with Crippen molar-refractivity contribution in [2.24, 2.45) is 5.92 Å². The van der Waals surface area contributed by atoms with Crippen LogP contribution in [-0.4, -0.2) is 53.5 Å². The van der Waals surface area contributed by atoms with Crippen molar-refractivity contribution in [3.05, 3.63) is 16.1 Å². The van der Waals surface area contributed by atoms with Gasteiger partial charge in [0.2, 0.25) is 0 Å². The van der Waals surface area contributed by atoms with E-state index in [2.05, 4.69) is 4.98 Å². The SMILES string of the molecule is CC(=O)O[C@@H](CC(C(C)C)N(C)[B]C=O)c1nc(C(=O)O)cs1. The van der Waals surface area contributed by atoms with Crippen LogP contribution >= 0.6 is 11.3 Å². The first-order valence-electron chi connectivity index (χ1n) is 7.12. The second-order valence-electron chi connectivity index (χ2n) is 5.47. The molecule has 0 aliphatic carbocycles. The van der Waals surface area contributed by atoms with Gasteiger partial charge in [-0.3, -0.25) is 4.79 Å². The molecule has 0 aliphatic heterocycles. The lowest BCUT2D eigenvalue weighted by Crippen LogP contribution is -2.40. The largest absolute Gasteiger partial charge is 0.476 e. The molecule has 1 aromatic rings. The van der Waals surface area contributed by atoms with Gasteiger partial charge < -0.3 is 19.4 Å². The highest BCUT2D eigenvalue weighted by molar-refractivity contribution is 7.09. The zero-order valence-electron chi connectivity index (χ0n) is 13.6. The smallest absolute Gasteiger partial charge is 0.355 e. The fourth-order valence-corrected chi connectivity index (χ4v) is 3.10. The molecule has 0 saturated heterocycles. The molecule has 23 heavy (non-hydrogen) atoms. The maximum absolute atomic E-state index is 11.4. The first kappa shape index (κ1) is 19.3. The Bertz CT molecular complexity index is 563. The van der Waals surface area contributed by atoms with Crippen molar-refractivity contribution in [3.8, 4) is 0 Å². The average molecular weight is 339 g/mol. The quantitative estimate of drug-likeness (QED) is 0.415. The van der Waals surface area contributed by atoms with Gasteiger partial charge in [-0.1, -0.05) is 13.8 Å². The number of carbonyl (C=O) groups excluding carboxylic acids is 2. The van der Waals surface area contributed by atoms with Crippen molar-refractivity contribution >= 4 is 36.9 Å². The number of esters is 1. The monoisotopic (exact) mass is 339 g/mol. The molecule has 1 rings (SSSR count). The third kappa shape index (κ3) is 5.76. The molecule has 0 aliphatic rings. The molecular formula is C14H20BN2O5S. The molecule has 0 saturated carbocycles. The summed E-state index contributed by atoms with van der Waals surface area (Å²) in [7, 11) is 3.19. The van der Waals surface area contributed by atoms with Crippen LogP contribution in [0.4, 0.5) is 0 Å². The van der Waals surface area contributed by atoms with E-state index in [9.17, 15) is 14.4 Å². The van der Waals surface area contributed by atoms with Gasteiger partial charge in [0.25, 0.3) is 7.41 Å². The molecule has 0 aromatic carbocycles. The molecule has 0 fully saturated rings. The fourth-order valence-electron chi connectivity index (χ4n) is 2.27. The van der Waals surface area contributed by atoms with Gasteiger partial charge in [-0.15, -0.1) is 11.3 Å². The summed E-state index contributed by atoms with van der Waals surface area (Å²) in [6, 6.07) is -0.0678. The Balaban J connectivity index is 3.01. The summed E-state index contributed by atoms with van der Waals surface area (Å²) in [5.74, 6) is -1.40. The Morgan fingerprint density at radius 1 is 1.52 bits per heavy atom. The van der Waals surface area contributed by atoms with Crippen LogP contribution in [0, 0.1) is 5.92 Å². The number of rotatable bonds is 9. The van der Waals surface area contributed by atoms with Gasteiger partial charge in [-0.05, 0) is 13.0 Å². The van der Waals surface area contributed by atoms with Crippen LogP contribution in [0.3, 0.4) is 0 Å². The maximum atomic E-state index is 11.4. The van der Waals surface area contributed by atoms with Crippen LogP contribution in [-0.2, 0) is 14.3 Å². The van der Waals surface area contributed by atoms with Crippen molar-refractivity contribution in [2.75, 3.05) is 7.05 Å². The van der Waals surface area contributed by atoms with E-state index in [-0.39, 0.29) is 17.7 Å². The third-order valence-corrected chi connectivity index (χ3v) is 4.31. The van der Waals surface area contributed by atoms with E-state index in [0.717, 1.165) is 11.3 Å². The lowest BCUT2D eigenvalue weighted by atomic mass is 9.86. The molecule has 7 nitrogen and oxygen atoms in total. The van der Waals surface area contributed by atoms with E-state index < -0.39 is 18.0 Å². The summed E-state index contributed by atoms with van der Waals surface area (Å²) in [4.78, 5) is 38.8. The van der Waals surface area contributed by atoms with Gasteiger partial charge in [0.05, 0.1) is 6.19 Å². The number of aromatic carboxylic acids is 1. The molecular weight excluding hydrogens is 319 g/mol. The van der Waals surface area contributed by atoms with Crippen LogP contribution in [0.5, 0.6) is 0 Å². The molecule has 1 aromatic heterocycles. The lowest BCUT2D eigenvalue weighted by Gasteiger charge is -2.32. The number of nitrogens with zero attached hydrogens (tertiary/aromatic N) is 2. The van der Waals surface area contributed by atoms with E-state index in [1.165, 1.54) is 19.7 Å². The number of ether oxygens (including phenoxy) is 1. The van der Waals surface area contributed by atoms with Gasteiger partial charge in [0, 0.05) is 24.8 Å². The molecule has 9 heteroatoms. The van der Waals surface area contributed by atoms with Crippen molar-refractivity contribution in [2.45, 2.75) is 39.3 Å². The van der Waals surface area contributed by atoms with Crippen molar-refractivity contribution in [1.29, 1.82) is 0 Å².